The first-order chi connectivity index (χ1) is 9.72. The van der Waals surface area contributed by atoms with Crippen molar-refractivity contribution in [1.29, 1.82) is 0 Å². The highest BCUT2D eigenvalue weighted by atomic mass is 32.1. The number of aromatic amines is 2. The predicted octanol–water partition coefficient (Wildman–Crippen LogP) is 2.50. The Hall–Kier alpha value is -1.95. The Kier molecular flexibility index (Phi) is 2.53. The summed E-state index contributed by atoms with van der Waals surface area (Å²) in [6, 6.07) is 1.81. The van der Waals surface area contributed by atoms with Crippen molar-refractivity contribution in [2.45, 2.75) is 26.2 Å². The van der Waals surface area contributed by atoms with Crippen LogP contribution in [0.3, 0.4) is 0 Å². The topological polar surface area (TPSA) is 74.4 Å². The summed E-state index contributed by atoms with van der Waals surface area (Å²) in [5.74, 6) is 1.26. The third-order valence-corrected chi connectivity index (χ3v) is 5.07. The van der Waals surface area contributed by atoms with Gasteiger partial charge >= 0.3 is 0 Å². The molecule has 0 aromatic carbocycles. The van der Waals surface area contributed by atoms with Crippen LogP contribution >= 0.6 is 11.3 Å². The molecule has 1 aliphatic rings. The molecule has 4 rings (SSSR count). The van der Waals surface area contributed by atoms with E-state index < -0.39 is 0 Å². The molecule has 6 heteroatoms. The zero-order valence-electron chi connectivity index (χ0n) is 11.1. The van der Waals surface area contributed by atoms with Gasteiger partial charge in [0.1, 0.15) is 10.5 Å². The minimum atomic E-state index is -0.0355. The van der Waals surface area contributed by atoms with E-state index in [0.717, 1.165) is 35.2 Å². The normalized spacial score (nSPS) is 18.4. The lowest BCUT2D eigenvalue weighted by atomic mass is 9.89. The summed E-state index contributed by atoms with van der Waals surface area (Å²) in [6.45, 7) is 2.26. The molecule has 2 N–H and O–H groups in total. The van der Waals surface area contributed by atoms with Crippen molar-refractivity contribution in [3.8, 4) is 11.5 Å². The van der Waals surface area contributed by atoms with Gasteiger partial charge in [-0.1, -0.05) is 6.92 Å². The summed E-state index contributed by atoms with van der Waals surface area (Å²) >= 11 is 1.66. The number of nitrogens with one attached hydrogen (secondary N) is 2. The molecule has 5 nitrogen and oxygen atoms in total. The number of nitrogens with zero attached hydrogens (tertiary/aromatic N) is 2. The summed E-state index contributed by atoms with van der Waals surface area (Å²) in [5.41, 5.74) is 1.92. The lowest BCUT2D eigenvalue weighted by Gasteiger charge is -2.17. The highest BCUT2D eigenvalue weighted by molar-refractivity contribution is 7.18. The van der Waals surface area contributed by atoms with E-state index in [0.29, 0.717) is 11.7 Å². The van der Waals surface area contributed by atoms with Crippen LogP contribution in [0, 0.1) is 5.92 Å². The second-order valence-corrected chi connectivity index (χ2v) is 6.50. The van der Waals surface area contributed by atoms with E-state index in [2.05, 4.69) is 27.1 Å². The standard InChI is InChI=1S/C14H14N4OS/c1-7-2-3-8-10(6-7)20-14-11(8)13(19)16-12(17-14)9-4-5-15-18-9/h4-5,7H,2-3,6H2,1H3,(H,15,18)(H,16,17,19). The summed E-state index contributed by atoms with van der Waals surface area (Å²) in [7, 11) is 0. The quantitative estimate of drug-likeness (QED) is 0.721. The molecule has 0 aliphatic heterocycles. The molecule has 20 heavy (non-hydrogen) atoms. The molecular weight excluding hydrogens is 272 g/mol. The number of aromatic nitrogens is 4. The van der Waals surface area contributed by atoms with E-state index in [1.165, 1.54) is 10.4 Å². The molecule has 102 valence electrons. The van der Waals surface area contributed by atoms with E-state index in [1.54, 1.807) is 23.6 Å². The molecule has 1 atom stereocenters. The van der Waals surface area contributed by atoms with Gasteiger partial charge in [0.25, 0.3) is 5.56 Å². The van der Waals surface area contributed by atoms with Crippen molar-refractivity contribution in [2.24, 2.45) is 5.92 Å². The van der Waals surface area contributed by atoms with Gasteiger partial charge in [-0.3, -0.25) is 9.89 Å². The number of hydrogen-bond donors (Lipinski definition) is 2. The lowest BCUT2D eigenvalue weighted by molar-refractivity contribution is 0.509. The third-order valence-electron chi connectivity index (χ3n) is 3.92. The van der Waals surface area contributed by atoms with Crippen LogP contribution in [0.1, 0.15) is 23.8 Å². The van der Waals surface area contributed by atoms with Crippen LogP contribution < -0.4 is 5.56 Å². The van der Waals surface area contributed by atoms with E-state index >= 15 is 0 Å². The van der Waals surface area contributed by atoms with Crippen molar-refractivity contribution in [3.63, 3.8) is 0 Å². The van der Waals surface area contributed by atoms with E-state index in [4.69, 9.17) is 0 Å². The minimum Gasteiger partial charge on any atom is -0.305 e. The average molecular weight is 286 g/mol. The molecule has 3 aromatic rings. The first kappa shape index (κ1) is 11.8. The van der Waals surface area contributed by atoms with E-state index in [1.807, 2.05) is 0 Å². The van der Waals surface area contributed by atoms with Crippen LogP contribution in [0.4, 0.5) is 0 Å². The first-order valence-electron chi connectivity index (χ1n) is 6.76. The number of H-pyrrole nitrogens is 2. The van der Waals surface area contributed by atoms with Crippen LogP contribution in [0.5, 0.6) is 0 Å². The third kappa shape index (κ3) is 1.71. The average Bonchev–Trinajstić information content (AvgIpc) is 3.04. The Morgan fingerprint density at radius 2 is 2.35 bits per heavy atom. The molecule has 3 aromatic heterocycles. The Morgan fingerprint density at radius 1 is 1.45 bits per heavy atom. The Bertz CT molecular complexity index is 831. The van der Waals surface area contributed by atoms with Crippen molar-refractivity contribution in [3.05, 3.63) is 33.1 Å². The van der Waals surface area contributed by atoms with E-state index in [-0.39, 0.29) is 5.56 Å². The SMILES string of the molecule is CC1CCc2c(sc3nc(-c4ccn[nH]4)[nH]c(=O)c23)C1. The van der Waals surface area contributed by atoms with Gasteiger partial charge in [-0.15, -0.1) is 11.3 Å². The number of thiophene rings is 1. The Labute approximate surface area is 119 Å². The fraction of sp³-hybridized carbons (Fsp3) is 0.357. The van der Waals surface area contributed by atoms with E-state index in [9.17, 15) is 4.79 Å². The van der Waals surface area contributed by atoms with Crippen LogP contribution in [-0.4, -0.2) is 20.2 Å². The van der Waals surface area contributed by atoms with Crippen molar-refractivity contribution < 1.29 is 0 Å². The van der Waals surface area contributed by atoms with Gasteiger partial charge in [-0.25, -0.2) is 4.98 Å². The second kappa shape index (κ2) is 4.28. The number of aryl methyl sites for hydroxylation is 1. The number of hydrogen-bond acceptors (Lipinski definition) is 4. The van der Waals surface area contributed by atoms with Gasteiger partial charge in [-0.2, -0.15) is 5.10 Å². The molecule has 1 unspecified atom stereocenters. The molecule has 1 aliphatic carbocycles. The van der Waals surface area contributed by atoms with Crippen LogP contribution in [0.15, 0.2) is 17.1 Å². The molecule has 0 saturated heterocycles. The molecule has 0 bridgehead atoms. The maximum absolute atomic E-state index is 12.4. The van der Waals surface area contributed by atoms with Gasteiger partial charge in [0.2, 0.25) is 0 Å². The van der Waals surface area contributed by atoms with Crippen LogP contribution in [-0.2, 0) is 12.8 Å². The van der Waals surface area contributed by atoms with Crippen LogP contribution in [0.2, 0.25) is 0 Å². The minimum absolute atomic E-state index is 0.0355. The lowest BCUT2D eigenvalue weighted by Crippen LogP contribution is -2.13. The zero-order valence-corrected chi connectivity index (χ0v) is 11.9. The molecule has 0 amide bonds. The summed E-state index contributed by atoms with van der Waals surface area (Å²) in [4.78, 5) is 22.0. The maximum atomic E-state index is 12.4. The van der Waals surface area contributed by atoms with Crippen LogP contribution in [0.25, 0.3) is 21.7 Å². The molecule has 0 radical (unpaired) electrons. The van der Waals surface area contributed by atoms with Gasteiger partial charge in [0.15, 0.2) is 5.82 Å². The molecule has 0 fully saturated rings. The van der Waals surface area contributed by atoms with Crippen molar-refractivity contribution in [1.82, 2.24) is 20.2 Å². The number of rotatable bonds is 1. The fourth-order valence-corrected chi connectivity index (χ4v) is 4.25. The molecule has 0 spiro atoms. The molecule has 0 saturated carbocycles. The number of fused-ring (bicyclic) bond motifs is 3. The highest BCUT2D eigenvalue weighted by Crippen LogP contribution is 2.35. The van der Waals surface area contributed by atoms with Gasteiger partial charge in [-0.05, 0) is 36.8 Å². The predicted molar refractivity (Wildman–Crippen MR) is 79.0 cm³/mol. The smallest absolute Gasteiger partial charge is 0.260 e. The fourth-order valence-electron chi connectivity index (χ4n) is 2.86. The molecular formula is C14H14N4OS. The largest absolute Gasteiger partial charge is 0.305 e. The Balaban J connectivity index is 1.96. The molecule has 3 heterocycles. The van der Waals surface area contributed by atoms with Gasteiger partial charge in [0, 0.05) is 11.1 Å². The zero-order chi connectivity index (χ0) is 13.7. The second-order valence-electron chi connectivity index (χ2n) is 5.42. The summed E-state index contributed by atoms with van der Waals surface area (Å²) in [5, 5.41) is 7.53. The highest BCUT2D eigenvalue weighted by Gasteiger charge is 2.23. The summed E-state index contributed by atoms with van der Waals surface area (Å²) in [6.07, 6.45) is 4.86. The van der Waals surface area contributed by atoms with Gasteiger partial charge < -0.3 is 4.98 Å². The first-order valence-corrected chi connectivity index (χ1v) is 7.58. The monoisotopic (exact) mass is 286 g/mol. The summed E-state index contributed by atoms with van der Waals surface area (Å²) < 4.78 is 0. The Morgan fingerprint density at radius 3 is 3.15 bits per heavy atom. The maximum Gasteiger partial charge on any atom is 0.260 e. The van der Waals surface area contributed by atoms with Crippen molar-refractivity contribution >= 4 is 21.6 Å². The van der Waals surface area contributed by atoms with Gasteiger partial charge in [0.05, 0.1) is 5.39 Å². The van der Waals surface area contributed by atoms with Crippen molar-refractivity contribution in [2.75, 3.05) is 0 Å².